The van der Waals surface area contributed by atoms with Gasteiger partial charge in [-0.1, -0.05) is 103 Å². The van der Waals surface area contributed by atoms with Crippen molar-refractivity contribution in [3.05, 3.63) is 138 Å². The largest absolute Gasteiger partial charge is 0.491 e. The van der Waals surface area contributed by atoms with Crippen molar-refractivity contribution in [2.45, 2.75) is 55.6 Å². The van der Waals surface area contributed by atoms with E-state index in [1.54, 1.807) is 0 Å². The summed E-state index contributed by atoms with van der Waals surface area (Å²) in [6, 6.07) is 40.3. The molecular weight excluding hydrogens is 502 g/mol. The van der Waals surface area contributed by atoms with Crippen LogP contribution in [0.2, 0.25) is 0 Å². The molecule has 0 saturated heterocycles. The summed E-state index contributed by atoms with van der Waals surface area (Å²) in [5.74, 6) is 3.65. The second-order valence-electron chi connectivity index (χ2n) is 12.9. The topological polar surface area (TPSA) is 41.5 Å². The van der Waals surface area contributed by atoms with Crippen LogP contribution >= 0.6 is 0 Å². The van der Waals surface area contributed by atoms with Crippen LogP contribution in [0.5, 0.6) is 5.75 Å². The van der Waals surface area contributed by atoms with Crippen LogP contribution in [0, 0.1) is 17.8 Å². The van der Waals surface area contributed by atoms with E-state index in [1.807, 2.05) is 18.2 Å². The van der Waals surface area contributed by atoms with Gasteiger partial charge in [0, 0.05) is 6.54 Å². The zero-order valence-corrected chi connectivity index (χ0v) is 23.8. The van der Waals surface area contributed by atoms with Crippen molar-refractivity contribution in [3.8, 4) is 5.75 Å². The molecule has 41 heavy (non-hydrogen) atoms. The lowest BCUT2D eigenvalue weighted by atomic mass is 9.48. The molecule has 3 nitrogen and oxygen atoms in total. The monoisotopic (exact) mass is 543 g/mol. The lowest BCUT2D eigenvalue weighted by Crippen LogP contribution is -2.48. The van der Waals surface area contributed by atoms with E-state index in [1.165, 1.54) is 44.1 Å². The van der Waals surface area contributed by atoms with E-state index in [-0.39, 0.29) is 6.61 Å². The van der Waals surface area contributed by atoms with Gasteiger partial charge in [-0.15, -0.1) is 0 Å². The fourth-order valence-electron chi connectivity index (χ4n) is 8.76. The first-order valence-corrected chi connectivity index (χ1v) is 15.5. The van der Waals surface area contributed by atoms with Crippen LogP contribution in [0.25, 0.3) is 0 Å². The van der Waals surface area contributed by atoms with Crippen LogP contribution in [-0.2, 0) is 11.0 Å². The number of ether oxygens (including phenoxy) is 1. The van der Waals surface area contributed by atoms with Crippen LogP contribution < -0.4 is 10.1 Å². The van der Waals surface area contributed by atoms with E-state index >= 15 is 0 Å². The summed E-state index contributed by atoms with van der Waals surface area (Å²) in [5, 5.41) is 14.9. The Hall–Kier alpha value is -3.40. The molecule has 0 aliphatic heterocycles. The van der Waals surface area contributed by atoms with Gasteiger partial charge in [0.25, 0.3) is 0 Å². The number of aliphatic hydroxyl groups excluding tert-OH is 1. The maximum atomic E-state index is 11.1. The Balaban J connectivity index is 1.06. The fourth-order valence-corrected chi connectivity index (χ4v) is 8.76. The molecule has 2 N–H and O–H groups in total. The molecule has 1 unspecified atom stereocenters. The van der Waals surface area contributed by atoms with Gasteiger partial charge in [-0.25, -0.2) is 0 Å². The summed E-state index contributed by atoms with van der Waals surface area (Å²) in [6.45, 7) is 0.613. The number of aliphatic hydroxyl groups is 1. The molecule has 0 heterocycles. The lowest BCUT2D eigenvalue weighted by molar-refractivity contribution is -0.00521. The zero-order valence-electron chi connectivity index (χ0n) is 23.8. The molecule has 0 radical (unpaired) electrons. The first-order chi connectivity index (χ1) is 20.1. The number of hydrogen-bond acceptors (Lipinski definition) is 3. The number of benzene rings is 4. The maximum Gasteiger partial charge on any atom is 0.119 e. The average molecular weight is 544 g/mol. The Bertz CT molecular complexity index is 1290. The highest BCUT2D eigenvalue weighted by atomic mass is 16.5. The van der Waals surface area contributed by atoms with Gasteiger partial charge in [0.05, 0.1) is 5.54 Å². The smallest absolute Gasteiger partial charge is 0.119 e. The Labute approximate surface area is 244 Å². The van der Waals surface area contributed by atoms with Crippen molar-refractivity contribution in [3.63, 3.8) is 0 Å². The molecule has 4 aliphatic carbocycles. The van der Waals surface area contributed by atoms with Crippen LogP contribution in [0.15, 0.2) is 115 Å². The third kappa shape index (κ3) is 5.11. The highest BCUT2D eigenvalue weighted by molar-refractivity contribution is 5.49. The van der Waals surface area contributed by atoms with Crippen LogP contribution in [0.1, 0.15) is 60.8 Å². The third-order valence-electron chi connectivity index (χ3n) is 10.2. The lowest BCUT2D eigenvalue weighted by Gasteiger charge is -2.57. The van der Waals surface area contributed by atoms with Gasteiger partial charge in [-0.3, -0.25) is 5.32 Å². The van der Waals surface area contributed by atoms with Crippen molar-refractivity contribution < 1.29 is 9.84 Å². The van der Waals surface area contributed by atoms with Gasteiger partial charge in [0.2, 0.25) is 0 Å². The van der Waals surface area contributed by atoms with Crippen molar-refractivity contribution in [2.75, 3.05) is 13.2 Å². The number of hydrogen-bond donors (Lipinski definition) is 2. The molecule has 3 heteroatoms. The van der Waals surface area contributed by atoms with E-state index in [4.69, 9.17) is 4.74 Å². The minimum Gasteiger partial charge on any atom is -0.491 e. The van der Waals surface area contributed by atoms with Crippen molar-refractivity contribution >= 4 is 0 Å². The molecule has 4 aliphatic rings. The standard InChI is InChI=1S/C38H41NO2/c40-35(27-41-36-18-16-31(17-19-36)37-23-28-20-29(24-37)22-30(21-28)25-37)26-39-38(32-10-4-1-5-11-32,33-12-6-2-7-13-33)34-14-8-3-9-15-34/h1-19,28-30,35,39-40H,20-27H2. The second-order valence-corrected chi connectivity index (χ2v) is 12.9. The predicted molar refractivity (Wildman–Crippen MR) is 165 cm³/mol. The van der Waals surface area contributed by atoms with Crippen LogP contribution in [0.3, 0.4) is 0 Å². The zero-order chi connectivity index (χ0) is 27.7. The van der Waals surface area contributed by atoms with Gasteiger partial charge < -0.3 is 9.84 Å². The summed E-state index contributed by atoms with van der Waals surface area (Å²) < 4.78 is 6.13. The Morgan fingerprint density at radius 2 is 1.10 bits per heavy atom. The van der Waals surface area contributed by atoms with Gasteiger partial charge in [0.15, 0.2) is 0 Å². The van der Waals surface area contributed by atoms with E-state index in [0.717, 1.165) is 40.2 Å². The SMILES string of the molecule is OC(CNC(c1ccccc1)(c1ccccc1)c1ccccc1)COc1ccc(C23CC4CC(CC(C4)C2)C3)cc1. The van der Waals surface area contributed by atoms with Gasteiger partial charge >= 0.3 is 0 Å². The quantitative estimate of drug-likeness (QED) is 0.204. The average Bonchev–Trinajstić information content (AvgIpc) is 3.01. The van der Waals surface area contributed by atoms with Crippen molar-refractivity contribution in [1.82, 2.24) is 5.32 Å². The maximum absolute atomic E-state index is 11.1. The second kappa shape index (κ2) is 11.1. The van der Waals surface area contributed by atoms with Gasteiger partial charge in [-0.05, 0) is 96.1 Å². The van der Waals surface area contributed by atoms with E-state index in [0.29, 0.717) is 12.0 Å². The first-order valence-electron chi connectivity index (χ1n) is 15.5. The molecular formula is C38H41NO2. The molecule has 8 rings (SSSR count). The Kier molecular flexibility index (Phi) is 7.18. The third-order valence-corrected chi connectivity index (χ3v) is 10.2. The highest BCUT2D eigenvalue weighted by Gasteiger charge is 2.51. The number of rotatable bonds is 10. The molecule has 210 valence electrons. The van der Waals surface area contributed by atoms with Crippen LogP contribution in [0.4, 0.5) is 0 Å². The van der Waals surface area contributed by atoms with Gasteiger partial charge in [-0.2, -0.15) is 0 Å². The molecule has 4 saturated carbocycles. The van der Waals surface area contributed by atoms with E-state index < -0.39 is 11.6 Å². The summed E-state index contributed by atoms with van der Waals surface area (Å²) in [7, 11) is 0. The summed E-state index contributed by atoms with van der Waals surface area (Å²) in [6.07, 6.45) is 7.83. The van der Waals surface area contributed by atoms with Gasteiger partial charge in [0.1, 0.15) is 18.5 Å². The molecule has 0 spiro atoms. The summed E-state index contributed by atoms with van der Waals surface area (Å²) >= 11 is 0. The van der Waals surface area contributed by atoms with Crippen LogP contribution in [-0.4, -0.2) is 24.4 Å². The summed E-state index contributed by atoms with van der Waals surface area (Å²) in [4.78, 5) is 0. The minimum absolute atomic E-state index is 0.234. The Morgan fingerprint density at radius 1 is 0.659 bits per heavy atom. The summed E-state index contributed by atoms with van der Waals surface area (Å²) in [5.41, 5.74) is 4.68. The molecule has 0 amide bonds. The molecule has 4 bridgehead atoms. The predicted octanol–water partition coefficient (Wildman–Crippen LogP) is 7.48. The van der Waals surface area contributed by atoms with E-state index in [2.05, 4.69) is 102 Å². The van der Waals surface area contributed by atoms with Crippen molar-refractivity contribution in [2.24, 2.45) is 17.8 Å². The molecule has 4 aromatic carbocycles. The molecule has 4 aromatic rings. The van der Waals surface area contributed by atoms with Crippen molar-refractivity contribution in [1.29, 1.82) is 0 Å². The molecule has 4 fully saturated rings. The molecule has 0 aromatic heterocycles. The fraction of sp³-hybridized carbons (Fsp3) is 0.368. The van der Waals surface area contributed by atoms with E-state index in [9.17, 15) is 5.11 Å². The molecule has 1 atom stereocenters. The highest BCUT2D eigenvalue weighted by Crippen LogP contribution is 2.60. The Morgan fingerprint density at radius 3 is 1.54 bits per heavy atom. The normalized spacial score (nSPS) is 25.6. The number of nitrogens with one attached hydrogen (secondary N) is 1. The first kappa shape index (κ1) is 26.5. The minimum atomic E-state index is -0.673.